The summed E-state index contributed by atoms with van der Waals surface area (Å²) in [7, 11) is 6.29. The predicted molar refractivity (Wildman–Crippen MR) is 66.2 cm³/mol. The van der Waals surface area contributed by atoms with E-state index in [-0.39, 0.29) is 6.04 Å². The van der Waals surface area contributed by atoms with Crippen molar-refractivity contribution in [2.75, 3.05) is 40.8 Å². The standard InChI is InChI=1S/C12H24N4/c1-15(2)8-9-16(3)7-6-12(10-13)14-11-4-5-11/h11-12,14H,4-9H2,1-3H3. The molecule has 1 unspecified atom stereocenters. The number of nitrogens with zero attached hydrogens (tertiary/aromatic N) is 3. The van der Waals surface area contributed by atoms with Crippen LogP contribution in [0.2, 0.25) is 0 Å². The molecule has 16 heavy (non-hydrogen) atoms. The highest BCUT2D eigenvalue weighted by Gasteiger charge is 2.24. The highest BCUT2D eigenvalue weighted by Crippen LogP contribution is 2.19. The van der Waals surface area contributed by atoms with E-state index in [0.717, 1.165) is 26.1 Å². The van der Waals surface area contributed by atoms with E-state index in [9.17, 15) is 0 Å². The summed E-state index contributed by atoms with van der Waals surface area (Å²) < 4.78 is 0. The minimum absolute atomic E-state index is 0.0364. The average Bonchev–Trinajstić information content (AvgIpc) is 3.04. The molecule has 1 fully saturated rings. The maximum absolute atomic E-state index is 8.99. The number of likely N-dealkylation sites (N-methyl/N-ethyl adjacent to an activating group) is 2. The predicted octanol–water partition coefficient (Wildman–Crippen LogP) is 0.514. The van der Waals surface area contributed by atoms with Gasteiger partial charge in [0.25, 0.3) is 0 Å². The van der Waals surface area contributed by atoms with E-state index < -0.39 is 0 Å². The van der Waals surface area contributed by atoms with Gasteiger partial charge in [-0.1, -0.05) is 0 Å². The van der Waals surface area contributed by atoms with E-state index in [0.29, 0.717) is 6.04 Å². The fourth-order valence-corrected chi connectivity index (χ4v) is 1.55. The molecular formula is C12H24N4. The minimum atomic E-state index is 0.0364. The Labute approximate surface area is 99.2 Å². The number of hydrogen-bond acceptors (Lipinski definition) is 4. The number of nitrogens with one attached hydrogen (secondary N) is 1. The zero-order chi connectivity index (χ0) is 12.0. The maximum Gasteiger partial charge on any atom is 0.0967 e. The van der Waals surface area contributed by atoms with Crippen LogP contribution in [0.5, 0.6) is 0 Å². The van der Waals surface area contributed by atoms with Crippen LogP contribution in [0.25, 0.3) is 0 Å². The minimum Gasteiger partial charge on any atom is -0.308 e. The van der Waals surface area contributed by atoms with Crippen molar-refractivity contribution in [1.29, 1.82) is 5.26 Å². The molecule has 0 bridgehead atoms. The van der Waals surface area contributed by atoms with Crippen molar-refractivity contribution in [1.82, 2.24) is 15.1 Å². The molecule has 1 aliphatic rings. The normalized spacial score (nSPS) is 17.8. The van der Waals surface area contributed by atoms with Gasteiger partial charge < -0.3 is 9.80 Å². The second-order valence-electron chi connectivity index (χ2n) is 5.02. The molecule has 0 aromatic rings. The molecule has 1 atom stereocenters. The maximum atomic E-state index is 8.99. The van der Waals surface area contributed by atoms with E-state index in [1.165, 1.54) is 12.8 Å². The lowest BCUT2D eigenvalue weighted by atomic mass is 10.2. The molecule has 1 N–H and O–H groups in total. The van der Waals surface area contributed by atoms with E-state index in [4.69, 9.17) is 5.26 Å². The van der Waals surface area contributed by atoms with Crippen LogP contribution in [0.4, 0.5) is 0 Å². The Balaban J connectivity index is 2.08. The fraction of sp³-hybridized carbons (Fsp3) is 0.917. The third kappa shape index (κ3) is 6.06. The van der Waals surface area contributed by atoms with Gasteiger partial charge in [0.05, 0.1) is 12.1 Å². The second kappa shape index (κ2) is 6.85. The summed E-state index contributed by atoms with van der Waals surface area (Å²) in [6.45, 7) is 3.13. The second-order valence-corrected chi connectivity index (χ2v) is 5.02. The van der Waals surface area contributed by atoms with Crippen molar-refractivity contribution in [3.8, 4) is 6.07 Å². The van der Waals surface area contributed by atoms with Crippen LogP contribution >= 0.6 is 0 Å². The Hall–Kier alpha value is -0.630. The monoisotopic (exact) mass is 224 g/mol. The molecule has 0 spiro atoms. The van der Waals surface area contributed by atoms with E-state index in [2.05, 4.69) is 42.3 Å². The highest BCUT2D eigenvalue weighted by molar-refractivity contribution is 4.95. The Morgan fingerprint density at radius 3 is 2.44 bits per heavy atom. The molecule has 1 aliphatic carbocycles. The summed E-state index contributed by atoms with van der Waals surface area (Å²) in [5, 5.41) is 12.4. The topological polar surface area (TPSA) is 42.3 Å². The van der Waals surface area contributed by atoms with Crippen LogP contribution in [-0.4, -0.2) is 62.7 Å². The molecular weight excluding hydrogens is 200 g/mol. The molecule has 0 heterocycles. The summed E-state index contributed by atoms with van der Waals surface area (Å²) in [4.78, 5) is 4.47. The molecule has 1 rings (SSSR count). The van der Waals surface area contributed by atoms with E-state index >= 15 is 0 Å². The molecule has 0 aromatic carbocycles. The molecule has 4 nitrogen and oxygen atoms in total. The van der Waals surface area contributed by atoms with Crippen molar-refractivity contribution in [2.45, 2.75) is 31.3 Å². The first-order valence-corrected chi connectivity index (χ1v) is 6.10. The fourth-order valence-electron chi connectivity index (χ4n) is 1.55. The zero-order valence-corrected chi connectivity index (χ0v) is 10.7. The summed E-state index contributed by atoms with van der Waals surface area (Å²) in [5.41, 5.74) is 0. The number of nitriles is 1. The molecule has 1 saturated carbocycles. The van der Waals surface area contributed by atoms with Crippen LogP contribution in [-0.2, 0) is 0 Å². The largest absolute Gasteiger partial charge is 0.308 e. The van der Waals surface area contributed by atoms with Crippen molar-refractivity contribution in [3.63, 3.8) is 0 Å². The van der Waals surface area contributed by atoms with Crippen molar-refractivity contribution in [2.24, 2.45) is 0 Å². The van der Waals surface area contributed by atoms with Gasteiger partial charge in [-0.15, -0.1) is 0 Å². The van der Waals surface area contributed by atoms with Gasteiger partial charge in [0, 0.05) is 25.7 Å². The molecule has 92 valence electrons. The van der Waals surface area contributed by atoms with Crippen LogP contribution < -0.4 is 5.32 Å². The van der Waals surface area contributed by atoms with Gasteiger partial charge in [-0.3, -0.25) is 5.32 Å². The van der Waals surface area contributed by atoms with Crippen LogP contribution in [0, 0.1) is 11.3 Å². The highest BCUT2D eigenvalue weighted by atomic mass is 15.1. The molecule has 0 saturated heterocycles. The number of hydrogen-bond donors (Lipinski definition) is 1. The quantitative estimate of drug-likeness (QED) is 0.652. The third-order valence-corrected chi connectivity index (χ3v) is 2.90. The molecule has 0 aromatic heterocycles. The van der Waals surface area contributed by atoms with Gasteiger partial charge >= 0.3 is 0 Å². The van der Waals surface area contributed by atoms with E-state index in [1.54, 1.807) is 0 Å². The Morgan fingerprint density at radius 1 is 1.25 bits per heavy atom. The summed E-state index contributed by atoms with van der Waals surface area (Å²) >= 11 is 0. The Morgan fingerprint density at radius 2 is 1.94 bits per heavy atom. The average molecular weight is 224 g/mol. The van der Waals surface area contributed by atoms with E-state index in [1.807, 2.05) is 0 Å². The molecule has 4 heteroatoms. The molecule has 0 aliphatic heterocycles. The SMILES string of the molecule is CN(C)CCN(C)CCC(C#N)NC1CC1. The van der Waals surface area contributed by atoms with Crippen molar-refractivity contribution in [3.05, 3.63) is 0 Å². The lowest BCUT2D eigenvalue weighted by Crippen LogP contribution is -2.35. The summed E-state index contributed by atoms with van der Waals surface area (Å²) in [6.07, 6.45) is 3.42. The van der Waals surface area contributed by atoms with Crippen LogP contribution in [0.1, 0.15) is 19.3 Å². The Bertz CT molecular complexity index is 230. The van der Waals surface area contributed by atoms with Gasteiger partial charge in [0.15, 0.2) is 0 Å². The zero-order valence-electron chi connectivity index (χ0n) is 10.7. The first kappa shape index (κ1) is 13.4. The van der Waals surface area contributed by atoms with Gasteiger partial charge in [-0.25, -0.2) is 0 Å². The van der Waals surface area contributed by atoms with Crippen molar-refractivity contribution >= 4 is 0 Å². The Kier molecular flexibility index (Phi) is 5.75. The van der Waals surface area contributed by atoms with Gasteiger partial charge in [-0.2, -0.15) is 5.26 Å². The van der Waals surface area contributed by atoms with Crippen LogP contribution in [0.15, 0.2) is 0 Å². The summed E-state index contributed by atoms with van der Waals surface area (Å²) in [6, 6.07) is 3.00. The van der Waals surface area contributed by atoms with Gasteiger partial charge in [0.2, 0.25) is 0 Å². The molecule has 0 radical (unpaired) electrons. The number of rotatable bonds is 8. The lowest BCUT2D eigenvalue weighted by Gasteiger charge is -2.20. The van der Waals surface area contributed by atoms with Gasteiger partial charge in [-0.05, 0) is 40.4 Å². The lowest BCUT2D eigenvalue weighted by molar-refractivity contribution is 0.273. The third-order valence-electron chi connectivity index (χ3n) is 2.90. The smallest absolute Gasteiger partial charge is 0.0967 e. The molecule has 0 amide bonds. The van der Waals surface area contributed by atoms with Crippen LogP contribution in [0.3, 0.4) is 0 Å². The van der Waals surface area contributed by atoms with Gasteiger partial charge in [0.1, 0.15) is 0 Å². The van der Waals surface area contributed by atoms with Crippen molar-refractivity contribution < 1.29 is 0 Å². The first-order chi connectivity index (χ1) is 7.61. The summed E-state index contributed by atoms with van der Waals surface area (Å²) in [5.74, 6) is 0. The first-order valence-electron chi connectivity index (χ1n) is 6.10.